The first-order valence-corrected chi connectivity index (χ1v) is 9.09. The van der Waals surface area contributed by atoms with Gasteiger partial charge in [0.2, 0.25) is 0 Å². The molecule has 3 aromatic rings. The molecule has 0 aliphatic carbocycles. The number of phenolic OH excluding ortho intramolecular Hbond substituents is 1. The topological polar surface area (TPSA) is 32.3 Å². The first-order valence-electron chi connectivity index (χ1n) is 9.09. The number of hydrogen-bond donors (Lipinski definition) is 2. The monoisotopic (exact) mass is 343 g/mol. The van der Waals surface area contributed by atoms with Crippen molar-refractivity contribution in [3.63, 3.8) is 0 Å². The van der Waals surface area contributed by atoms with E-state index in [9.17, 15) is 5.11 Å². The van der Waals surface area contributed by atoms with Crippen LogP contribution in [0.5, 0.6) is 5.75 Å². The Hall–Kier alpha value is -3.00. The van der Waals surface area contributed by atoms with Gasteiger partial charge in [-0.25, -0.2) is 0 Å². The highest BCUT2D eigenvalue weighted by atomic mass is 16.3. The lowest BCUT2D eigenvalue weighted by Gasteiger charge is -2.17. The van der Waals surface area contributed by atoms with E-state index in [0.29, 0.717) is 0 Å². The van der Waals surface area contributed by atoms with Crippen molar-refractivity contribution >= 4 is 16.8 Å². The smallest absolute Gasteiger partial charge is 0.115 e. The molecule has 0 bridgehead atoms. The van der Waals surface area contributed by atoms with Crippen LogP contribution in [0.15, 0.2) is 78.9 Å². The third-order valence-corrected chi connectivity index (χ3v) is 4.54. The lowest BCUT2D eigenvalue weighted by molar-refractivity contribution is 0.475. The lowest BCUT2D eigenvalue weighted by Crippen LogP contribution is -1.96. The fraction of sp³-hybridized carbons (Fsp3) is 0.167. The minimum absolute atomic E-state index is 0.287. The van der Waals surface area contributed by atoms with Gasteiger partial charge in [0, 0.05) is 12.7 Å². The number of phenols is 1. The van der Waals surface area contributed by atoms with E-state index >= 15 is 0 Å². The molecule has 0 radical (unpaired) electrons. The maximum atomic E-state index is 9.71. The highest BCUT2D eigenvalue weighted by molar-refractivity contribution is 5.98. The van der Waals surface area contributed by atoms with Crippen LogP contribution < -0.4 is 5.32 Å². The van der Waals surface area contributed by atoms with Gasteiger partial charge in [-0.15, -0.1) is 0 Å². The molecule has 26 heavy (non-hydrogen) atoms. The number of anilines is 1. The van der Waals surface area contributed by atoms with Gasteiger partial charge in [-0.2, -0.15) is 0 Å². The van der Waals surface area contributed by atoms with Gasteiger partial charge >= 0.3 is 0 Å². The van der Waals surface area contributed by atoms with Crippen molar-refractivity contribution in [2.45, 2.75) is 19.8 Å². The number of nitrogens with one attached hydrogen (secondary N) is 1. The van der Waals surface area contributed by atoms with Gasteiger partial charge in [-0.3, -0.25) is 0 Å². The fourth-order valence-electron chi connectivity index (χ4n) is 3.25. The molecule has 0 spiro atoms. The summed E-state index contributed by atoms with van der Waals surface area (Å²) in [5.74, 6) is 0.287. The molecule has 0 fully saturated rings. The first kappa shape index (κ1) is 17.8. The average molecular weight is 343 g/mol. The zero-order valence-electron chi connectivity index (χ0n) is 15.4. The van der Waals surface area contributed by atoms with E-state index in [1.807, 2.05) is 19.2 Å². The zero-order chi connectivity index (χ0) is 18.4. The summed E-state index contributed by atoms with van der Waals surface area (Å²) in [4.78, 5) is 0. The Morgan fingerprint density at radius 1 is 0.769 bits per heavy atom. The molecule has 0 aliphatic rings. The maximum absolute atomic E-state index is 9.71. The summed E-state index contributed by atoms with van der Waals surface area (Å²) in [6, 6.07) is 26.6. The highest BCUT2D eigenvalue weighted by Gasteiger charge is 2.13. The van der Waals surface area contributed by atoms with Crippen molar-refractivity contribution in [2.24, 2.45) is 0 Å². The van der Waals surface area contributed by atoms with Gasteiger partial charge < -0.3 is 10.4 Å². The van der Waals surface area contributed by atoms with Crippen LogP contribution in [0.1, 0.15) is 36.5 Å². The molecule has 2 nitrogen and oxygen atoms in total. The van der Waals surface area contributed by atoms with Crippen LogP contribution >= 0.6 is 0 Å². The third-order valence-electron chi connectivity index (χ3n) is 4.54. The van der Waals surface area contributed by atoms with Crippen molar-refractivity contribution in [1.29, 1.82) is 0 Å². The highest BCUT2D eigenvalue weighted by Crippen LogP contribution is 2.36. The molecule has 0 heterocycles. The molecule has 3 rings (SSSR count). The number of benzene rings is 3. The van der Waals surface area contributed by atoms with Gasteiger partial charge in [0.05, 0.1) is 0 Å². The van der Waals surface area contributed by atoms with E-state index in [0.717, 1.165) is 24.1 Å². The van der Waals surface area contributed by atoms with Crippen LogP contribution in [0, 0.1) is 0 Å². The van der Waals surface area contributed by atoms with Crippen LogP contribution in [0.25, 0.3) is 11.1 Å². The molecule has 0 aromatic heterocycles. The molecular formula is C24H25NO. The van der Waals surface area contributed by atoms with E-state index < -0.39 is 0 Å². The van der Waals surface area contributed by atoms with Gasteiger partial charge in [0.15, 0.2) is 0 Å². The molecule has 0 unspecified atom stereocenters. The zero-order valence-corrected chi connectivity index (χ0v) is 15.4. The maximum Gasteiger partial charge on any atom is 0.115 e. The molecular weight excluding hydrogens is 318 g/mol. The molecule has 132 valence electrons. The standard InChI is InChI=1S/C24H25NO/c1-3-7-23(18-8-5-4-6-9-18)24(20-12-16-22(26)17-13-20)19-10-14-21(25-2)15-11-19/h4-6,8-17,25-26H,3,7H2,1-2H3/b24-23+. The molecule has 2 N–H and O–H groups in total. The van der Waals surface area contributed by atoms with E-state index in [-0.39, 0.29) is 5.75 Å². The Morgan fingerprint density at radius 3 is 1.88 bits per heavy atom. The second-order valence-corrected chi connectivity index (χ2v) is 6.34. The van der Waals surface area contributed by atoms with Crippen molar-refractivity contribution in [1.82, 2.24) is 0 Å². The lowest BCUT2D eigenvalue weighted by atomic mass is 9.87. The molecule has 0 aliphatic heterocycles. The van der Waals surface area contributed by atoms with Crippen molar-refractivity contribution < 1.29 is 5.11 Å². The third kappa shape index (κ3) is 3.97. The van der Waals surface area contributed by atoms with Crippen LogP contribution in [0.4, 0.5) is 5.69 Å². The molecule has 0 atom stereocenters. The normalized spacial score (nSPS) is 11.8. The molecule has 0 saturated heterocycles. The quantitative estimate of drug-likeness (QED) is 0.523. The Morgan fingerprint density at radius 2 is 1.35 bits per heavy atom. The summed E-state index contributed by atoms with van der Waals surface area (Å²) in [5.41, 5.74) is 7.19. The van der Waals surface area contributed by atoms with Crippen molar-refractivity contribution in [3.05, 3.63) is 95.6 Å². The Bertz CT molecular complexity index is 862. The molecule has 0 saturated carbocycles. The summed E-state index contributed by atoms with van der Waals surface area (Å²) in [5, 5.41) is 12.9. The summed E-state index contributed by atoms with van der Waals surface area (Å²) in [7, 11) is 1.93. The summed E-state index contributed by atoms with van der Waals surface area (Å²) < 4.78 is 0. The second-order valence-electron chi connectivity index (χ2n) is 6.34. The summed E-state index contributed by atoms with van der Waals surface area (Å²) in [6.45, 7) is 2.21. The number of aromatic hydroxyl groups is 1. The minimum atomic E-state index is 0.287. The Labute approximate surface area is 155 Å². The molecule has 0 amide bonds. The van der Waals surface area contributed by atoms with Crippen molar-refractivity contribution in [2.75, 3.05) is 12.4 Å². The Kier molecular flexibility index (Phi) is 5.75. The summed E-state index contributed by atoms with van der Waals surface area (Å²) >= 11 is 0. The van der Waals surface area contributed by atoms with E-state index in [4.69, 9.17) is 0 Å². The summed E-state index contributed by atoms with van der Waals surface area (Å²) in [6.07, 6.45) is 2.06. The number of hydrogen-bond acceptors (Lipinski definition) is 2. The van der Waals surface area contributed by atoms with Crippen LogP contribution in [-0.2, 0) is 0 Å². The minimum Gasteiger partial charge on any atom is -0.508 e. The number of allylic oxidation sites excluding steroid dienone is 1. The van der Waals surface area contributed by atoms with E-state index in [2.05, 4.69) is 66.8 Å². The Balaban J connectivity index is 2.24. The van der Waals surface area contributed by atoms with Crippen LogP contribution in [0.3, 0.4) is 0 Å². The molecule has 2 heteroatoms. The second kappa shape index (κ2) is 8.39. The van der Waals surface area contributed by atoms with Crippen LogP contribution in [0.2, 0.25) is 0 Å². The van der Waals surface area contributed by atoms with E-state index in [1.54, 1.807) is 12.1 Å². The molecule has 3 aromatic carbocycles. The van der Waals surface area contributed by atoms with Crippen molar-refractivity contribution in [3.8, 4) is 5.75 Å². The predicted molar refractivity (Wildman–Crippen MR) is 111 cm³/mol. The largest absolute Gasteiger partial charge is 0.508 e. The van der Waals surface area contributed by atoms with Crippen LogP contribution in [-0.4, -0.2) is 12.2 Å². The van der Waals surface area contributed by atoms with Gasteiger partial charge in [0.25, 0.3) is 0 Å². The average Bonchev–Trinajstić information content (AvgIpc) is 2.70. The fourth-order valence-corrected chi connectivity index (χ4v) is 3.25. The van der Waals surface area contributed by atoms with Gasteiger partial charge in [0.1, 0.15) is 5.75 Å². The van der Waals surface area contributed by atoms with Gasteiger partial charge in [-0.1, -0.05) is 67.9 Å². The van der Waals surface area contributed by atoms with Gasteiger partial charge in [-0.05, 0) is 58.5 Å². The first-order chi connectivity index (χ1) is 12.7. The predicted octanol–water partition coefficient (Wildman–Crippen LogP) is 6.19. The SMILES string of the molecule is CCC/C(=C(\c1ccc(O)cc1)c1ccc(NC)cc1)c1ccccc1. The van der Waals surface area contributed by atoms with E-state index in [1.165, 1.54) is 22.3 Å². The number of rotatable bonds is 6.